The smallest absolute Gasteiger partial charge is 0.347 e. The Hall–Kier alpha value is -2.90. The number of carbonyl (C=O) groups is 3. The minimum Gasteiger partial charge on any atom is -0.426 e. The second kappa shape index (κ2) is 11.8. The van der Waals surface area contributed by atoms with Gasteiger partial charge in [0.2, 0.25) is 5.91 Å². The molecular formula is C21H25ClN2O5. The van der Waals surface area contributed by atoms with Crippen molar-refractivity contribution in [1.82, 2.24) is 4.90 Å². The van der Waals surface area contributed by atoms with Gasteiger partial charge in [0.25, 0.3) is 0 Å². The third kappa shape index (κ3) is 8.33. The Morgan fingerprint density at radius 1 is 0.966 bits per heavy atom. The highest BCUT2D eigenvalue weighted by Crippen LogP contribution is 2.22. The van der Waals surface area contributed by atoms with Gasteiger partial charge in [-0.2, -0.15) is 0 Å². The van der Waals surface area contributed by atoms with E-state index in [1.165, 1.54) is 13.0 Å². The van der Waals surface area contributed by atoms with Crippen LogP contribution in [-0.2, 0) is 9.59 Å². The first-order valence-electron chi connectivity index (χ1n) is 8.89. The molecule has 0 unspecified atom stereocenters. The third-order valence-electron chi connectivity index (χ3n) is 3.70. The van der Waals surface area contributed by atoms with Gasteiger partial charge in [0.15, 0.2) is 0 Å². The van der Waals surface area contributed by atoms with Crippen LogP contribution in [0.4, 0.5) is 5.69 Å². The number of nitrogens with one attached hydrogen (secondary N) is 1. The lowest BCUT2D eigenvalue weighted by molar-refractivity contribution is -0.134. The summed E-state index contributed by atoms with van der Waals surface area (Å²) in [4.78, 5) is 37.5. The van der Waals surface area contributed by atoms with Crippen molar-refractivity contribution in [3.05, 3.63) is 54.1 Å². The summed E-state index contributed by atoms with van der Waals surface area (Å²) in [6.07, 6.45) is 0.922. The van der Waals surface area contributed by atoms with E-state index in [9.17, 15) is 14.4 Å². The number of esters is 2. The van der Waals surface area contributed by atoms with Crippen LogP contribution in [0.5, 0.6) is 11.5 Å². The minimum atomic E-state index is -0.635. The first kappa shape index (κ1) is 24.1. The molecule has 0 atom stereocenters. The van der Waals surface area contributed by atoms with Crippen molar-refractivity contribution >= 4 is 35.9 Å². The molecule has 0 spiro atoms. The number of para-hydroxylation sites is 1. The quantitative estimate of drug-likeness (QED) is 0.519. The highest BCUT2D eigenvalue weighted by molar-refractivity contribution is 5.95. The number of rotatable bonds is 8. The van der Waals surface area contributed by atoms with Crippen molar-refractivity contribution in [3.63, 3.8) is 0 Å². The van der Waals surface area contributed by atoms with Gasteiger partial charge in [-0.05, 0) is 63.5 Å². The summed E-state index contributed by atoms with van der Waals surface area (Å²) >= 11 is 0. The van der Waals surface area contributed by atoms with E-state index in [2.05, 4.69) is 5.32 Å². The zero-order valence-electron chi connectivity index (χ0n) is 16.6. The minimum absolute atomic E-state index is 0. The van der Waals surface area contributed by atoms with E-state index in [-0.39, 0.29) is 36.0 Å². The second-order valence-corrected chi connectivity index (χ2v) is 6.47. The van der Waals surface area contributed by atoms with E-state index in [1.807, 2.05) is 19.0 Å². The molecule has 2 aromatic rings. The summed E-state index contributed by atoms with van der Waals surface area (Å²) in [5.74, 6) is -0.750. The molecule has 0 bridgehead atoms. The van der Waals surface area contributed by atoms with Crippen molar-refractivity contribution in [2.45, 2.75) is 19.8 Å². The molecule has 8 heteroatoms. The van der Waals surface area contributed by atoms with Crippen molar-refractivity contribution in [2.24, 2.45) is 0 Å². The Labute approximate surface area is 176 Å². The molecule has 2 rings (SSSR count). The number of anilines is 1. The summed E-state index contributed by atoms with van der Waals surface area (Å²) in [6.45, 7) is 2.18. The van der Waals surface area contributed by atoms with Gasteiger partial charge in [0.05, 0.1) is 0 Å². The van der Waals surface area contributed by atoms with Crippen molar-refractivity contribution in [3.8, 4) is 11.5 Å². The first-order valence-corrected chi connectivity index (χ1v) is 8.89. The predicted octanol–water partition coefficient (Wildman–Crippen LogP) is 3.53. The van der Waals surface area contributed by atoms with Gasteiger partial charge >= 0.3 is 11.9 Å². The summed E-state index contributed by atoms with van der Waals surface area (Å²) in [5, 5.41) is 2.63. The topological polar surface area (TPSA) is 84.9 Å². The van der Waals surface area contributed by atoms with Crippen molar-refractivity contribution < 1.29 is 23.9 Å². The lowest BCUT2D eigenvalue weighted by atomic mass is 10.2. The van der Waals surface area contributed by atoms with Crippen molar-refractivity contribution in [2.75, 3.05) is 26.0 Å². The Morgan fingerprint density at radius 3 is 2.24 bits per heavy atom. The molecule has 156 valence electrons. The lowest BCUT2D eigenvalue weighted by Crippen LogP contribution is -2.17. The number of ether oxygens (including phenoxy) is 2. The molecule has 0 aliphatic rings. The van der Waals surface area contributed by atoms with Crippen LogP contribution in [0.15, 0.2) is 48.5 Å². The van der Waals surface area contributed by atoms with Gasteiger partial charge in [-0.15, -0.1) is 12.4 Å². The van der Waals surface area contributed by atoms with Crippen LogP contribution in [0, 0.1) is 0 Å². The average Bonchev–Trinajstić information content (AvgIpc) is 2.63. The SMILES string of the molecule is CC(=O)Nc1ccc(OC(=O)c2ccccc2OC(=O)CCCN(C)C)cc1.Cl. The Bertz CT molecular complexity index is 837. The zero-order valence-corrected chi connectivity index (χ0v) is 17.5. The lowest BCUT2D eigenvalue weighted by Gasteiger charge is -2.11. The maximum atomic E-state index is 12.5. The summed E-state index contributed by atoms with van der Waals surface area (Å²) in [6, 6.07) is 12.8. The average molecular weight is 421 g/mol. The Morgan fingerprint density at radius 2 is 1.62 bits per heavy atom. The highest BCUT2D eigenvalue weighted by atomic mass is 35.5. The zero-order chi connectivity index (χ0) is 20.5. The van der Waals surface area contributed by atoms with Gasteiger partial charge in [0, 0.05) is 19.0 Å². The van der Waals surface area contributed by atoms with Crippen LogP contribution < -0.4 is 14.8 Å². The molecule has 0 heterocycles. The van der Waals surface area contributed by atoms with E-state index < -0.39 is 11.9 Å². The molecule has 29 heavy (non-hydrogen) atoms. The molecule has 0 fully saturated rings. The molecule has 0 aliphatic carbocycles. The third-order valence-corrected chi connectivity index (χ3v) is 3.70. The number of carbonyl (C=O) groups excluding carboxylic acids is 3. The van der Waals surface area contributed by atoms with Crippen LogP contribution in [-0.4, -0.2) is 43.4 Å². The molecule has 7 nitrogen and oxygen atoms in total. The number of amides is 1. The number of benzene rings is 2. The monoisotopic (exact) mass is 420 g/mol. The molecule has 0 saturated carbocycles. The van der Waals surface area contributed by atoms with Gasteiger partial charge < -0.3 is 19.7 Å². The number of hydrogen-bond acceptors (Lipinski definition) is 6. The number of hydrogen-bond donors (Lipinski definition) is 1. The molecular weight excluding hydrogens is 396 g/mol. The largest absolute Gasteiger partial charge is 0.426 e. The van der Waals surface area contributed by atoms with Crippen LogP contribution in [0.3, 0.4) is 0 Å². The maximum Gasteiger partial charge on any atom is 0.347 e. The van der Waals surface area contributed by atoms with Gasteiger partial charge in [-0.25, -0.2) is 4.79 Å². The Kier molecular flexibility index (Phi) is 9.85. The highest BCUT2D eigenvalue weighted by Gasteiger charge is 2.17. The summed E-state index contributed by atoms with van der Waals surface area (Å²) < 4.78 is 10.7. The number of halogens is 1. The van der Waals surface area contributed by atoms with Crippen LogP contribution in [0.1, 0.15) is 30.1 Å². The van der Waals surface area contributed by atoms with Crippen molar-refractivity contribution in [1.29, 1.82) is 0 Å². The van der Waals surface area contributed by atoms with E-state index in [0.717, 1.165) is 6.54 Å². The predicted molar refractivity (Wildman–Crippen MR) is 113 cm³/mol. The molecule has 2 aromatic carbocycles. The molecule has 0 aliphatic heterocycles. The van der Waals surface area contributed by atoms with E-state index >= 15 is 0 Å². The Balaban J connectivity index is 0.00000420. The maximum absolute atomic E-state index is 12.5. The van der Waals surface area contributed by atoms with Crippen LogP contribution in [0.2, 0.25) is 0 Å². The van der Waals surface area contributed by atoms with Crippen LogP contribution >= 0.6 is 12.4 Å². The molecule has 0 radical (unpaired) electrons. The normalized spacial score (nSPS) is 10.1. The number of nitrogens with zero attached hydrogens (tertiary/aromatic N) is 1. The molecule has 1 amide bonds. The van der Waals surface area contributed by atoms with Gasteiger partial charge in [0.1, 0.15) is 17.1 Å². The molecule has 1 N–H and O–H groups in total. The molecule has 0 saturated heterocycles. The second-order valence-electron chi connectivity index (χ2n) is 6.47. The fourth-order valence-electron chi connectivity index (χ4n) is 2.41. The van der Waals surface area contributed by atoms with Crippen LogP contribution in [0.25, 0.3) is 0 Å². The fraction of sp³-hybridized carbons (Fsp3) is 0.286. The fourth-order valence-corrected chi connectivity index (χ4v) is 2.41. The van der Waals surface area contributed by atoms with E-state index in [1.54, 1.807) is 42.5 Å². The van der Waals surface area contributed by atoms with E-state index in [4.69, 9.17) is 9.47 Å². The summed E-state index contributed by atoms with van der Waals surface area (Å²) in [7, 11) is 3.86. The first-order chi connectivity index (χ1) is 13.3. The van der Waals surface area contributed by atoms with Gasteiger partial charge in [-0.3, -0.25) is 9.59 Å². The molecule has 0 aromatic heterocycles. The summed E-state index contributed by atoms with van der Waals surface area (Å²) in [5.41, 5.74) is 0.758. The van der Waals surface area contributed by atoms with E-state index in [0.29, 0.717) is 17.9 Å². The standard InChI is InChI=1S/C21H24N2O5.ClH/c1-15(24)22-16-10-12-17(13-11-16)27-21(26)18-7-4-5-8-19(18)28-20(25)9-6-14-23(2)3;/h4-5,7-8,10-13H,6,9,14H2,1-3H3,(H,22,24);1H. The van der Waals surface area contributed by atoms with Gasteiger partial charge in [-0.1, -0.05) is 12.1 Å².